The highest BCUT2D eigenvalue weighted by molar-refractivity contribution is 6.01. The number of primary amides is 1. The molecule has 1 aliphatic rings. The molecule has 0 unspecified atom stereocenters. The summed E-state index contributed by atoms with van der Waals surface area (Å²) in [5.41, 5.74) is 5.78. The number of benzene rings is 2. The predicted octanol–water partition coefficient (Wildman–Crippen LogP) is 1.02. The summed E-state index contributed by atoms with van der Waals surface area (Å²) in [7, 11) is 0. The smallest absolute Gasteiger partial charge is 0.335 e. The standard InChI is InChI=1S/C56H74F2N8O19/c1-56(2,3)52(43-29-36(38-30-37(57)9-10-39(38)58)33-64(43)32-35-7-5-4-6-8-35)65(49(73)34-67)20-16-40(53(77)60-19-15-45(69)61-41(55(79)80)11-14-50(74)75)63-54(78)42(31-44(59)68)62-46(70)17-21-81-23-25-83-27-28-84-26-24-82-22-18-51(76)85-66-47(71)12-13-48(66)72/h4-10,29-30,33,40-42,52,67H,11-28,31-32,34H2,1-3H3,(H2,59,68)(H,60,77)(H,61,69)(H,62,70)(H,63,78)(H,74,75)(H,79,80)/t40-,41-,42-,52-/m0/s1/i/hD. The Bertz CT molecular complexity index is 2820. The van der Waals surface area contributed by atoms with Gasteiger partial charge in [-0.3, -0.25) is 43.2 Å². The molecule has 0 bridgehead atoms. The van der Waals surface area contributed by atoms with E-state index in [0.29, 0.717) is 10.8 Å². The number of nitrogens with one attached hydrogen (secondary N) is 4. The van der Waals surface area contributed by atoms with Crippen LogP contribution in [0.3, 0.4) is 0 Å². The van der Waals surface area contributed by atoms with E-state index < -0.39 is 158 Å². The largest absolute Gasteiger partial charge is 0.481 e. The zero-order valence-electron chi connectivity index (χ0n) is 48.4. The van der Waals surface area contributed by atoms with Gasteiger partial charge in [-0.15, -0.1) is 5.06 Å². The Morgan fingerprint density at radius 2 is 1.32 bits per heavy atom. The zero-order chi connectivity index (χ0) is 63.5. The molecule has 1 fully saturated rings. The minimum Gasteiger partial charge on any atom is -0.481 e. The van der Waals surface area contributed by atoms with Crippen LogP contribution in [0.15, 0.2) is 60.8 Å². The van der Waals surface area contributed by atoms with Crippen LogP contribution >= 0.6 is 0 Å². The Morgan fingerprint density at radius 1 is 0.729 bits per heavy atom. The van der Waals surface area contributed by atoms with Crippen LogP contribution in [0.5, 0.6) is 0 Å². The molecule has 2 heterocycles. The molecule has 2 aromatic carbocycles. The van der Waals surface area contributed by atoms with Gasteiger partial charge in [0.15, 0.2) is 1.41 Å². The van der Waals surface area contributed by atoms with Crippen LogP contribution in [0.4, 0.5) is 8.78 Å². The van der Waals surface area contributed by atoms with E-state index in [1.165, 1.54) is 4.90 Å². The van der Waals surface area contributed by atoms with Gasteiger partial charge in [-0.05, 0) is 48.1 Å². The van der Waals surface area contributed by atoms with Crippen molar-refractivity contribution in [3.8, 4) is 11.1 Å². The monoisotopic (exact) mass is 1200 g/mol. The lowest BCUT2D eigenvalue weighted by molar-refractivity contribution is -0.198. The summed E-state index contributed by atoms with van der Waals surface area (Å²) < 4.78 is 62.0. The predicted molar refractivity (Wildman–Crippen MR) is 292 cm³/mol. The number of hydrogen-bond donors (Lipinski definition) is 8. The van der Waals surface area contributed by atoms with Crippen LogP contribution in [-0.4, -0.2) is 186 Å². The van der Waals surface area contributed by atoms with E-state index in [1.54, 1.807) is 55.8 Å². The van der Waals surface area contributed by atoms with E-state index in [2.05, 4.69) is 16.0 Å². The number of aromatic nitrogens is 1. The number of aliphatic hydroxyl groups is 1. The van der Waals surface area contributed by atoms with E-state index in [4.69, 9.17) is 36.0 Å². The summed E-state index contributed by atoms with van der Waals surface area (Å²) in [4.78, 5) is 145. The summed E-state index contributed by atoms with van der Waals surface area (Å²) in [6.45, 7) is 3.58. The van der Waals surface area contributed by atoms with Crippen molar-refractivity contribution in [3.63, 3.8) is 0 Å². The Balaban J connectivity index is 1.46. The first kappa shape index (κ1) is 67.5. The molecule has 1 aromatic heterocycles. The molecule has 29 heteroatoms. The van der Waals surface area contributed by atoms with Gasteiger partial charge in [0.1, 0.15) is 36.4 Å². The first-order valence-corrected chi connectivity index (χ1v) is 27.2. The number of carboxylic acids is 2. The van der Waals surface area contributed by atoms with Crippen LogP contribution in [0.1, 0.15) is 95.9 Å². The Labute approximate surface area is 489 Å². The molecular formula is C56H74F2N8O19. The number of nitrogens with zero attached hydrogens (tertiary/aromatic N) is 3. The number of aliphatic carboxylic acids is 2. The zero-order valence-corrected chi connectivity index (χ0v) is 47.4. The minimum absolute atomic E-state index is 0.0176. The van der Waals surface area contributed by atoms with Crippen LogP contribution < -0.4 is 27.0 Å². The Hall–Kier alpha value is -8.25. The lowest BCUT2D eigenvalue weighted by Crippen LogP contribution is -2.56. The molecule has 85 heavy (non-hydrogen) atoms. The molecule has 1 saturated heterocycles. The number of amides is 8. The van der Waals surface area contributed by atoms with Gasteiger partial charge in [0.05, 0.1) is 71.7 Å². The topological polar surface area (TPSA) is 380 Å². The van der Waals surface area contributed by atoms with E-state index in [-0.39, 0.29) is 102 Å². The molecule has 4 rings (SSSR count). The van der Waals surface area contributed by atoms with Crippen molar-refractivity contribution < 1.29 is 102 Å². The minimum atomic E-state index is -1.81. The van der Waals surface area contributed by atoms with Crippen molar-refractivity contribution in [1.29, 1.82) is 0 Å². The van der Waals surface area contributed by atoms with Crippen LogP contribution in [0.25, 0.3) is 11.1 Å². The number of hydroxylamine groups is 2. The van der Waals surface area contributed by atoms with E-state index in [1.807, 2.05) is 12.1 Å². The van der Waals surface area contributed by atoms with Crippen LogP contribution in [0.2, 0.25) is 1.41 Å². The highest BCUT2D eigenvalue weighted by Gasteiger charge is 2.39. The molecule has 9 N–H and O–H groups in total. The van der Waals surface area contributed by atoms with Gasteiger partial charge in [-0.1, -0.05) is 51.1 Å². The summed E-state index contributed by atoms with van der Waals surface area (Å²) >= 11 is 0. The second kappa shape index (κ2) is 35.1. The summed E-state index contributed by atoms with van der Waals surface area (Å²) in [6.07, 6.45) is -2.16. The second-order valence-electron chi connectivity index (χ2n) is 20.4. The molecule has 0 aliphatic carbocycles. The summed E-state index contributed by atoms with van der Waals surface area (Å²) in [5, 5.41) is 36.7. The molecular weight excluding hydrogens is 1130 g/mol. The summed E-state index contributed by atoms with van der Waals surface area (Å²) in [5.74, 6) is -12.5. The molecule has 8 amide bonds. The lowest BCUT2D eigenvalue weighted by atomic mass is 9.82. The molecule has 0 saturated carbocycles. The van der Waals surface area contributed by atoms with Crippen molar-refractivity contribution in [2.45, 2.75) is 109 Å². The number of carboxylic acid groups (broad SMARTS) is 2. The van der Waals surface area contributed by atoms with Gasteiger partial charge in [-0.25, -0.2) is 18.4 Å². The van der Waals surface area contributed by atoms with Crippen molar-refractivity contribution in [2.75, 3.05) is 72.6 Å². The van der Waals surface area contributed by atoms with Crippen molar-refractivity contribution in [2.24, 2.45) is 11.1 Å². The first-order chi connectivity index (χ1) is 40.8. The number of nitrogens with two attached hydrogens (primary N) is 1. The Kier molecular flexibility index (Phi) is 27.9. The van der Waals surface area contributed by atoms with Crippen molar-refractivity contribution in [3.05, 3.63) is 83.7 Å². The number of carbonyl (C=O) groups excluding carboxylic acids is 9. The number of carbonyl (C=O) groups is 11. The first-order valence-electron chi connectivity index (χ1n) is 27.6. The third-order valence-electron chi connectivity index (χ3n) is 12.7. The third-order valence-corrected chi connectivity index (χ3v) is 12.7. The van der Waals surface area contributed by atoms with E-state index in [9.17, 15) is 67.3 Å². The SMILES string of the molecule is [2H]N(CCC(=O)N[C@@H](CCC(=O)O)C(=O)O)C(=O)[C@H](CCN(C(=O)CO)[C@@H](c1cc(-c2cc(F)ccc2F)cn1Cc1ccccc1)C(C)(C)C)NC(=O)[C@H](CC(N)=O)NC(=O)CCOCCOCCOCCOCCC(=O)ON1C(=O)CCC1=O. The highest BCUT2D eigenvalue weighted by atomic mass is 19.1. The maximum atomic E-state index is 15.4. The normalized spacial score (nSPS) is 13.9. The van der Waals surface area contributed by atoms with Crippen molar-refractivity contribution >= 4 is 65.2 Å². The number of rotatable bonds is 39. The van der Waals surface area contributed by atoms with Gasteiger partial charge in [-0.2, -0.15) is 0 Å². The fourth-order valence-electron chi connectivity index (χ4n) is 8.63. The van der Waals surface area contributed by atoms with Crippen LogP contribution in [0, 0.1) is 17.0 Å². The molecule has 3 aromatic rings. The average Bonchev–Trinajstić information content (AvgIpc) is 2.15. The van der Waals surface area contributed by atoms with Gasteiger partial charge in [0.2, 0.25) is 35.4 Å². The quantitative estimate of drug-likeness (QED) is 0.0292. The number of ether oxygens (including phenoxy) is 4. The molecule has 0 spiro atoms. The van der Waals surface area contributed by atoms with Crippen molar-refractivity contribution in [1.82, 2.24) is 35.8 Å². The average molecular weight is 1200 g/mol. The van der Waals surface area contributed by atoms with E-state index in [0.717, 1.165) is 23.8 Å². The Morgan fingerprint density at radius 3 is 1.89 bits per heavy atom. The number of hydrogen-bond acceptors (Lipinski definition) is 17. The fourth-order valence-corrected chi connectivity index (χ4v) is 8.63. The molecule has 4 atom stereocenters. The van der Waals surface area contributed by atoms with Crippen LogP contribution in [-0.2, 0) is 83.1 Å². The molecule has 1 aliphatic heterocycles. The van der Waals surface area contributed by atoms with Gasteiger partial charge < -0.3 is 75.6 Å². The number of imide groups is 1. The summed E-state index contributed by atoms with van der Waals surface area (Å²) in [6, 6.07) is 7.27. The lowest BCUT2D eigenvalue weighted by Gasteiger charge is -2.41. The fraction of sp³-hybridized carbons (Fsp3) is 0.518. The highest BCUT2D eigenvalue weighted by Crippen LogP contribution is 2.41. The number of halogens is 2. The maximum Gasteiger partial charge on any atom is 0.335 e. The third kappa shape index (κ3) is 24.1. The van der Waals surface area contributed by atoms with E-state index >= 15 is 4.39 Å². The number of aliphatic hydroxyl groups excluding tert-OH is 1. The molecule has 466 valence electrons. The maximum absolute atomic E-state index is 15.4. The van der Waals surface area contributed by atoms with Gasteiger partial charge >= 0.3 is 17.9 Å². The second-order valence-corrected chi connectivity index (χ2v) is 20.4. The molecule has 27 nitrogen and oxygen atoms in total. The van der Waals surface area contributed by atoms with Gasteiger partial charge in [0, 0.05) is 74.8 Å². The molecule has 0 radical (unpaired) electrons. The van der Waals surface area contributed by atoms with Gasteiger partial charge in [0.25, 0.3) is 11.8 Å².